The molecule has 0 saturated carbocycles. The number of hydrogen-bond donors (Lipinski definition) is 1. The number of methoxy groups -OCH3 is 1. The smallest absolute Gasteiger partial charge is 0.225 e. The predicted octanol–water partition coefficient (Wildman–Crippen LogP) is 1.50. The maximum atomic E-state index is 5.63. The van der Waals surface area contributed by atoms with Gasteiger partial charge in [0.25, 0.3) is 0 Å². The van der Waals surface area contributed by atoms with Crippen molar-refractivity contribution in [2.75, 3.05) is 25.2 Å². The van der Waals surface area contributed by atoms with Crippen molar-refractivity contribution < 1.29 is 4.74 Å². The topological polar surface area (TPSA) is 64.3 Å². The van der Waals surface area contributed by atoms with Crippen molar-refractivity contribution >= 4 is 5.95 Å². The van der Waals surface area contributed by atoms with Gasteiger partial charge in [-0.15, -0.1) is 0 Å². The third kappa shape index (κ3) is 3.65. The van der Waals surface area contributed by atoms with Crippen LogP contribution in [0.3, 0.4) is 0 Å². The second kappa shape index (κ2) is 7.28. The van der Waals surface area contributed by atoms with E-state index in [-0.39, 0.29) is 0 Å². The van der Waals surface area contributed by atoms with Crippen molar-refractivity contribution in [3.8, 4) is 0 Å². The summed E-state index contributed by atoms with van der Waals surface area (Å²) in [6.45, 7) is 8.25. The minimum Gasteiger partial charge on any atom is -0.383 e. The molecule has 0 aliphatic carbocycles. The largest absolute Gasteiger partial charge is 0.383 e. The Balaban J connectivity index is 2.93. The first kappa shape index (κ1) is 14.9. The molecule has 1 rings (SSSR count). The molecule has 0 amide bonds. The van der Waals surface area contributed by atoms with Crippen LogP contribution >= 0.6 is 0 Å². The normalized spacial score (nSPS) is 12.5. The summed E-state index contributed by atoms with van der Waals surface area (Å²) in [5.41, 5.74) is 7.58. The maximum absolute atomic E-state index is 5.63. The van der Waals surface area contributed by atoms with Crippen LogP contribution in [0.25, 0.3) is 0 Å². The summed E-state index contributed by atoms with van der Waals surface area (Å²) in [4.78, 5) is 11.1. The van der Waals surface area contributed by atoms with Gasteiger partial charge in [-0.2, -0.15) is 0 Å². The van der Waals surface area contributed by atoms with E-state index >= 15 is 0 Å². The lowest BCUT2D eigenvalue weighted by molar-refractivity contribution is 0.203. The molecule has 0 saturated heterocycles. The molecule has 0 spiro atoms. The van der Waals surface area contributed by atoms with Gasteiger partial charge in [0.2, 0.25) is 5.95 Å². The molecular formula is C13H24N4O. The fourth-order valence-corrected chi connectivity index (χ4v) is 1.75. The zero-order chi connectivity index (χ0) is 13.5. The van der Waals surface area contributed by atoms with Gasteiger partial charge in [0.1, 0.15) is 0 Å². The average molecular weight is 252 g/mol. The van der Waals surface area contributed by atoms with E-state index in [2.05, 4.69) is 28.7 Å². The molecule has 18 heavy (non-hydrogen) atoms. The van der Waals surface area contributed by atoms with Gasteiger partial charge >= 0.3 is 0 Å². The van der Waals surface area contributed by atoms with Crippen LogP contribution in [0.2, 0.25) is 0 Å². The van der Waals surface area contributed by atoms with Crippen LogP contribution in [0.5, 0.6) is 0 Å². The summed E-state index contributed by atoms with van der Waals surface area (Å²) >= 11 is 0. The average Bonchev–Trinajstić information content (AvgIpc) is 2.39. The van der Waals surface area contributed by atoms with Crippen molar-refractivity contribution in [3.63, 3.8) is 0 Å². The van der Waals surface area contributed by atoms with Crippen LogP contribution in [0.1, 0.15) is 31.5 Å². The second-order valence-electron chi connectivity index (χ2n) is 4.43. The SMILES string of the molecule is CCC(C)N(CCOC)c1ncc(CN)c(C)n1. The highest BCUT2D eigenvalue weighted by atomic mass is 16.5. The molecule has 2 N–H and O–H groups in total. The first-order valence-electron chi connectivity index (χ1n) is 6.42. The summed E-state index contributed by atoms with van der Waals surface area (Å²) in [6, 6.07) is 0.392. The maximum Gasteiger partial charge on any atom is 0.225 e. The number of anilines is 1. The van der Waals surface area contributed by atoms with E-state index in [0.29, 0.717) is 19.2 Å². The molecule has 5 heteroatoms. The number of aryl methyl sites for hydroxylation is 1. The number of rotatable bonds is 7. The van der Waals surface area contributed by atoms with Crippen LogP contribution in [-0.4, -0.2) is 36.3 Å². The molecular weight excluding hydrogens is 228 g/mol. The van der Waals surface area contributed by atoms with Gasteiger partial charge in [-0.05, 0) is 20.3 Å². The van der Waals surface area contributed by atoms with Gasteiger partial charge < -0.3 is 15.4 Å². The molecule has 0 fully saturated rings. The third-order valence-electron chi connectivity index (χ3n) is 3.20. The minimum atomic E-state index is 0.392. The molecule has 0 aromatic carbocycles. The van der Waals surface area contributed by atoms with E-state index in [1.807, 2.05) is 13.1 Å². The van der Waals surface area contributed by atoms with Gasteiger partial charge in [0.05, 0.1) is 6.61 Å². The standard InChI is InChI=1S/C13H24N4O/c1-5-10(2)17(6-7-18-4)13-15-9-12(8-14)11(3)16-13/h9-10H,5-8,14H2,1-4H3. The molecule has 1 heterocycles. The van der Waals surface area contributed by atoms with Crippen LogP contribution in [0.4, 0.5) is 5.95 Å². The highest BCUT2D eigenvalue weighted by Gasteiger charge is 2.16. The fourth-order valence-electron chi connectivity index (χ4n) is 1.75. The molecule has 1 aromatic heterocycles. The highest BCUT2D eigenvalue weighted by Crippen LogP contribution is 2.15. The van der Waals surface area contributed by atoms with Crippen molar-refractivity contribution in [2.45, 2.75) is 39.8 Å². The third-order valence-corrected chi connectivity index (χ3v) is 3.20. The highest BCUT2D eigenvalue weighted by molar-refractivity contribution is 5.34. The lowest BCUT2D eigenvalue weighted by Crippen LogP contribution is -2.37. The van der Waals surface area contributed by atoms with Gasteiger partial charge in [-0.25, -0.2) is 9.97 Å². The molecule has 0 radical (unpaired) electrons. The molecule has 1 atom stereocenters. The summed E-state index contributed by atoms with van der Waals surface area (Å²) in [5.74, 6) is 0.760. The molecule has 5 nitrogen and oxygen atoms in total. The fraction of sp³-hybridized carbons (Fsp3) is 0.692. The first-order chi connectivity index (χ1) is 8.63. The van der Waals surface area contributed by atoms with E-state index in [4.69, 9.17) is 10.5 Å². The Morgan fingerprint density at radius 1 is 1.50 bits per heavy atom. The Labute approximate surface area is 109 Å². The Bertz CT molecular complexity index is 370. The quantitative estimate of drug-likeness (QED) is 0.796. The van der Waals surface area contributed by atoms with Crippen LogP contribution in [-0.2, 0) is 11.3 Å². The molecule has 0 bridgehead atoms. The van der Waals surface area contributed by atoms with Crippen LogP contribution in [0.15, 0.2) is 6.20 Å². The Morgan fingerprint density at radius 2 is 2.22 bits per heavy atom. The van der Waals surface area contributed by atoms with Gasteiger partial charge in [0, 0.05) is 43.7 Å². The van der Waals surface area contributed by atoms with Crippen molar-refractivity contribution in [1.29, 1.82) is 0 Å². The first-order valence-corrected chi connectivity index (χ1v) is 6.42. The Hall–Kier alpha value is -1.20. The molecule has 1 aromatic rings. The van der Waals surface area contributed by atoms with E-state index in [1.165, 1.54) is 0 Å². The van der Waals surface area contributed by atoms with Gasteiger partial charge in [-0.3, -0.25) is 0 Å². The second-order valence-corrected chi connectivity index (χ2v) is 4.43. The molecule has 0 aliphatic rings. The number of nitrogens with zero attached hydrogens (tertiary/aromatic N) is 3. The number of ether oxygens (including phenoxy) is 1. The van der Waals surface area contributed by atoms with Crippen molar-refractivity contribution in [2.24, 2.45) is 5.73 Å². The van der Waals surface area contributed by atoms with E-state index in [0.717, 1.165) is 30.2 Å². The van der Waals surface area contributed by atoms with Crippen LogP contribution < -0.4 is 10.6 Å². The summed E-state index contributed by atoms with van der Waals surface area (Å²) in [6.07, 6.45) is 2.87. The minimum absolute atomic E-state index is 0.392. The summed E-state index contributed by atoms with van der Waals surface area (Å²) in [7, 11) is 1.71. The summed E-state index contributed by atoms with van der Waals surface area (Å²) in [5, 5.41) is 0. The number of nitrogens with two attached hydrogens (primary N) is 1. The Morgan fingerprint density at radius 3 is 2.72 bits per heavy atom. The summed E-state index contributed by atoms with van der Waals surface area (Å²) < 4.78 is 5.15. The molecule has 0 aliphatic heterocycles. The molecule has 102 valence electrons. The monoisotopic (exact) mass is 252 g/mol. The number of hydrogen-bond acceptors (Lipinski definition) is 5. The lowest BCUT2D eigenvalue weighted by atomic mass is 10.2. The zero-order valence-electron chi connectivity index (χ0n) is 11.8. The predicted molar refractivity (Wildman–Crippen MR) is 73.6 cm³/mol. The Kier molecular flexibility index (Phi) is 6.01. The van der Waals surface area contributed by atoms with E-state index in [1.54, 1.807) is 7.11 Å². The zero-order valence-corrected chi connectivity index (χ0v) is 11.8. The van der Waals surface area contributed by atoms with E-state index in [9.17, 15) is 0 Å². The van der Waals surface area contributed by atoms with Crippen LogP contribution in [0, 0.1) is 6.92 Å². The van der Waals surface area contributed by atoms with E-state index < -0.39 is 0 Å². The van der Waals surface area contributed by atoms with Crippen molar-refractivity contribution in [3.05, 3.63) is 17.5 Å². The van der Waals surface area contributed by atoms with Gasteiger partial charge in [-0.1, -0.05) is 6.92 Å². The number of aromatic nitrogens is 2. The lowest BCUT2D eigenvalue weighted by Gasteiger charge is -2.28. The van der Waals surface area contributed by atoms with Crippen molar-refractivity contribution in [1.82, 2.24) is 9.97 Å². The van der Waals surface area contributed by atoms with Gasteiger partial charge in [0.15, 0.2) is 0 Å². The molecule has 1 unspecified atom stereocenters.